The summed E-state index contributed by atoms with van der Waals surface area (Å²) in [5.41, 5.74) is 12.2. The van der Waals surface area contributed by atoms with Crippen LogP contribution in [0.4, 0.5) is 0 Å². The second-order valence-corrected chi connectivity index (χ2v) is 5.17. The van der Waals surface area contributed by atoms with Gasteiger partial charge >= 0.3 is 0 Å². The van der Waals surface area contributed by atoms with Crippen LogP contribution in [0.1, 0.15) is 17.1 Å². The lowest BCUT2D eigenvalue weighted by molar-refractivity contribution is 0.712. The number of imidazole rings is 1. The molecule has 2 N–H and O–H groups in total. The zero-order valence-corrected chi connectivity index (χ0v) is 12.3. The van der Waals surface area contributed by atoms with E-state index < -0.39 is 0 Å². The molecular formula is C15H19N5. The summed E-state index contributed by atoms with van der Waals surface area (Å²) in [6.07, 6.45) is 0. The fraction of sp³-hybridized carbons (Fsp3) is 0.333. The quantitative estimate of drug-likeness (QED) is 0.774. The maximum Gasteiger partial charge on any atom is 0.106 e. The Hall–Kier alpha value is -2.14. The van der Waals surface area contributed by atoms with Gasteiger partial charge in [-0.2, -0.15) is 5.10 Å². The van der Waals surface area contributed by atoms with Gasteiger partial charge in [0.2, 0.25) is 0 Å². The smallest absolute Gasteiger partial charge is 0.106 e. The van der Waals surface area contributed by atoms with E-state index in [-0.39, 0.29) is 0 Å². The molecule has 0 unspecified atom stereocenters. The lowest BCUT2D eigenvalue weighted by Crippen LogP contribution is -2.05. The number of aryl methyl sites for hydroxylation is 3. The Morgan fingerprint density at radius 3 is 2.60 bits per heavy atom. The van der Waals surface area contributed by atoms with Crippen molar-refractivity contribution >= 4 is 11.0 Å². The van der Waals surface area contributed by atoms with E-state index in [0.717, 1.165) is 39.4 Å². The van der Waals surface area contributed by atoms with E-state index >= 15 is 0 Å². The maximum absolute atomic E-state index is 5.78. The van der Waals surface area contributed by atoms with E-state index in [9.17, 15) is 0 Å². The molecule has 2 aromatic heterocycles. The SMILES string of the molecule is Cc1c(-c2ccc3c(c2)nc(C)n3C)nn(C)c1CN. The standard InChI is InChI=1S/C15H19N5/c1-9-14(8-16)20(4)18-15(9)11-5-6-13-12(7-11)17-10(2)19(13)3/h5-7H,8,16H2,1-4H3. The van der Waals surface area contributed by atoms with Gasteiger partial charge in [-0.15, -0.1) is 0 Å². The van der Waals surface area contributed by atoms with Crippen LogP contribution in [-0.4, -0.2) is 19.3 Å². The van der Waals surface area contributed by atoms with Crippen LogP contribution in [0, 0.1) is 13.8 Å². The second kappa shape index (κ2) is 4.45. The van der Waals surface area contributed by atoms with Crippen LogP contribution in [0.15, 0.2) is 18.2 Å². The number of aromatic nitrogens is 4. The highest BCUT2D eigenvalue weighted by Crippen LogP contribution is 2.27. The van der Waals surface area contributed by atoms with Gasteiger partial charge in [0, 0.05) is 26.2 Å². The van der Waals surface area contributed by atoms with Crippen LogP contribution in [0.5, 0.6) is 0 Å². The van der Waals surface area contributed by atoms with Crippen molar-refractivity contribution < 1.29 is 0 Å². The fourth-order valence-corrected chi connectivity index (χ4v) is 2.69. The molecule has 0 atom stereocenters. The minimum absolute atomic E-state index is 0.500. The van der Waals surface area contributed by atoms with E-state index in [1.807, 2.05) is 25.7 Å². The Labute approximate surface area is 118 Å². The zero-order valence-electron chi connectivity index (χ0n) is 12.3. The lowest BCUT2D eigenvalue weighted by Gasteiger charge is -2.01. The molecule has 3 aromatic rings. The molecule has 0 saturated carbocycles. The molecule has 0 aliphatic rings. The summed E-state index contributed by atoms with van der Waals surface area (Å²) >= 11 is 0. The molecule has 20 heavy (non-hydrogen) atoms. The number of nitrogens with two attached hydrogens (primary N) is 1. The molecule has 0 amide bonds. The Morgan fingerprint density at radius 2 is 1.95 bits per heavy atom. The number of nitrogens with zero attached hydrogens (tertiary/aromatic N) is 4. The number of rotatable bonds is 2. The van der Waals surface area contributed by atoms with Crippen LogP contribution < -0.4 is 5.73 Å². The first-order valence-electron chi connectivity index (χ1n) is 6.69. The average Bonchev–Trinajstić information content (AvgIpc) is 2.87. The summed E-state index contributed by atoms with van der Waals surface area (Å²) in [6.45, 7) is 4.58. The third-order valence-corrected chi connectivity index (χ3v) is 4.00. The summed E-state index contributed by atoms with van der Waals surface area (Å²) in [5.74, 6) is 1.01. The van der Waals surface area contributed by atoms with Crippen molar-refractivity contribution in [1.82, 2.24) is 19.3 Å². The van der Waals surface area contributed by atoms with Gasteiger partial charge in [-0.05, 0) is 31.5 Å². The van der Waals surface area contributed by atoms with Gasteiger partial charge in [-0.3, -0.25) is 4.68 Å². The second-order valence-electron chi connectivity index (χ2n) is 5.17. The van der Waals surface area contributed by atoms with Crippen molar-refractivity contribution in [2.75, 3.05) is 0 Å². The Bertz CT molecular complexity index is 794. The van der Waals surface area contributed by atoms with Crippen molar-refractivity contribution in [2.24, 2.45) is 19.8 Å². The van der Waals surface area contributed by atoms with Crippen LogP contribution in [0.25, 0.3) is 22.3 Å². The Morgan fingerprint density at radius 1 is 1.20 bits per heavy atom. The van der Waals surface area contributed by atoms with Crippen molar-refractivity contribution in [3.63, 3.8) is 0 Å². The molecule has 2 heterocycles. The van der Waals surface area contributed by atoms with Gasteiger partial charge in [-0.25, -0.2) is 4.98 Å². The summed E-state index contributed by atoms with van der Waals surface area (Å²) in [4.78, 5) is 4.58. The molecule has 0 aliphatic carbocycles. The molecule has 0 bridgehead atoms. The normalized spacial score (nSPS) is 11.4. The Kier molecular flexibility index (Phi) is 2.87. The average molecular weight is 269 g/mol. The van der Waals surface area contributed by atoms with Gasteiger partial charge in [0.05, 0.1) is 22.4 Å². The monoisotopic (exact) mass is 269 g/mol. The number of hydrogen-bond acceptors (Lipinski definition) is 3. The van der Waals surface area contributed by atoms with E-state index in [0.29, 0.717) is 6.54 Å². The molecule has 3 rings (SSSR count). The molecule has 5 heteroatoms. The van der Waals surface area contributed by atoms with Gasteiger partial charge in [0.15, 0.2) is 0 Å². The first-order valence-corrected chi connectivity index (χ1v) is 6.69. The predicted octanol–water partition coefficient (Wildman–Crippen LogP) is 2.05. The summed E-state index contributed by atoms with van der Waals surface area (Å²) < 4.78 is 3.95. The fourth-order valence-electron chi connectivity index (χ4n) is 2.69. The number of benzene rings is 1. The molecule has 0 radical (unpaired) electrons. The third kappa shape index (κ3) is 1.74. The molecule has 1 aromatic carbocycles. The van der Waals surface area contributed by atoms with Crippen LogP contribution in [-0.2, 0) is 20.6 Å². The highest BCUT2D eigenvalue weighted by Gasteiger charge is 2.14. The minimum Gasteiger partial charge on any atom is -0.331 e. The largest absolute Gasteiger partial charge is 0.331 e. The summed E-state index contributed by atoms with van der Waals surface area (Å²) in [7, 11) is 3.96. The van der Waals surface area contributed by atoms with E-state index in [1.165, 1.54) is 0 Å². The van der Waals surface area contributed by atoms with Gasteiger partial charge < -0.3 is 10.3 Å². The van der Waals surface area contributed by atoms with Crippen LogP contribution >= 0.6 is 0 Å². The van der Waals surface area contributed by atoms with Gasteiger partial charge in [0.25, 0.3) is 0 Å². The van der Waals surface area contributed by atoms with Crippen molar-refractivity contribution in [3.05, 3.63) is 35.3 Å². The van der Waals surface area contributed by atoms with Gasteiger partial charge in [-0.1, -0.05) is 6.07 Å². The predicted molar refractivity (Wildman–Crippen MR) is 80.3 cm³/mol. The van der Waals surface area contributed by atoms with Crippen LogP contribution in [0.3, 0.4) is 0 Å². The molecule has 5 nitrogen and oxygen atoms in total. The highest BCUT2D eigenvalue weighted by molar-refractivity contribution is 5.82. The number of fused-ring (bicyclic) bond motifs is 1. The molecule has 0 aliphatic heterocycles. The maximum atomic E-state index is 5.78. The summed E-state index contributed by atoms with van der Waals surface area (Å²) in [6, 6.07) is 6.29. The first kappa shape index (κ1) is 12.9. The lowest BCUT2D eigenvalue weighted by atomic mass is 10.1. The molecule has 0 saturated heterocycles. The highest BCUT2D eigenvalue weighted by atomic mass is 15.3. The van der Waals surface area contributed by atoms with Gasteiger partial charge in [0.1, 0.15) is 5.82 Å². The van der Waals surface area contributed by atoms with Crippen LogP contribution in [0.2, 0.25) is 0 Å². The number of hydrogen-bond donors (Lipinski definition) is 1. The molecule has 104 valence electrons. The zero-order chi connectivity index (χ0) is 14.4. The summed E-state index contributed by atoms with van der Waals surface area (Å²) in [5, 5.41) is 4.59. The van der Waals surface area contributed by atoms with E-state index in [2.05, 4.69) is 39.8 Å². The first-order chi connectivity index (χ1) is 9.52. The molecular weight excluding hydrogens is 250 g/mol. The van der Waals surface area contributed by atoms with E-state index in [4.69, 9.17) is 5.73 Å². The molecule has 0 fully saturated rings. The van der Waals surface area contributed by atoms with E-state index in [1.54, 1.807) is 0 Å². The van der Waals surface area contributed by atoms with Crippen molar-refractivity contribution in [1.29, 1.82) is 0 Å². The van der Waals surface area contributed by atoms with Crippen molar-refractivity contribution in [3.8, 4) is 11.3 Å². The Balaban J connectivity index is 2.20. The third-order valence-electron chi connectivity index (χ3n) is 4.00. The van der Waals surface area contributed by atoms with Crippen molar-refractivity contribution in [2.45, 2.75) is 20.4 Å². The topological polar surface area (TPSA) is 61.7 Å². The molecule has 0 spiro atoms. The minimum atomic E-state index is 0.500.